The van der Waals surface area contributed by atoms with E-state index in [0.29, 0.717) is 30.1 Å². The topological polar surface area (TPSA) is 128 Å². The molecule has 1 heterocycles. The molecule has 3 rings (SSSR count). The molecule has 1 aromatic rings. The molecule has 3 N–H and O–H groups in total. The van der Waals surface area contributed by atoms with Gasteiger partial charge in [0.05, 0.1) is 31.9 Å². The van der Waals surface area contributed by atoms with E-state index in [-0.39, 0.29) is 36.9 Å². The van der Waals surface area contributed by atoms with Gasteiger partial charge < -0.3 is 25.0 Å². The van der Waals surface area contributed by atoms with Gasteiger partial charge in [0.2, 0.25) is 15.9 Å². The van der Waals surface area contributed by atoms with Gasteiger partial charge in [0.25, 0.3) is 0 Å². The molecule has 0 aromatic heterocycles. The summed E-state index contributed by atoms with van der Waals surface area (Å²) in [6.45, 7) is 4.22. The summed E-state index contributed by atoms with van der Waals surface area (Å²) in [5.41, 5.74) is 0.874. The third-order valence-electron chi connectivity index (χ3n) is 6.95. The van der Waals surface area contributed by atoms with Crippen LogP contribution in [-0.4, -0.2) is 86.4 Å². The molecule has 1 saturated carbocycles. The molecule has 0 saturated heterocycles. The van der Waals surface area contributed by atoms with Gasteiger partial charge in [-0.1, -0.05) is 26.2 Å². The van der Waals surface area contributed by atoms with E-state index in [1.165, 1.54) is 6.42 Å². The molecule has 0 unspecified atom stereocenters. The Bertz CT molecular complexity index is 1030. The molecule has 202 valence electrons. The van der Waals surface area contributed by atoms with Crippen molar-refractivity contribution in [2.45, 2.75) is 70.6 Å². The van der Waals surface area contributed by atoms with Gasteiger partial charge in [0.1, 0.15) is 11.9 Å². The van der Waals surface area contributed by atoms with E-state index >= 15 is 0 Å². The van der Waals surface area contributed by atoms with Crippen LogP contribution in [-0.2, 0) is 21.2 Å². The minimum absolute atomic E-state index is 0.00357. The van der Waals surface area contributed by atoms with Crippen molar-refractivity contribution in [2.24, 2.45) is 5.92 Å². The Morgan fingerprint density at radius 3 is 2.61 bits per heavy atom. The monoisotopic (exact) mass is 524 g/mol. The molecule has 2 aliphatic rings. The van der Waals surface area contributed by atoms with Crippen LogP contribution in [0.15, 0.2) is 18.2 Å². The molecule has 3 atom stereocenters. The van der Waals surface area contributed by atoms with E-state index in [1.807, 2.05) is 6.92 Å². The van der Waals surface area contributed by atoms with E-state index in [4.69, 9.17) is 4.74 Å². The van der Waals surface area contributed by atoms with E-state index < -0.39 is 22.2 Å². The Labute approximate surface area is 214 Å². The highest BCUT2D eigenvalue weighted by molar-refractivity contribution is 7.92. The zero-order valence-electron chi connectivity index (χ0n) is 21.7. The van der Waals surface area contributed by atoms with E-state index in [2.05, 4.69) is 10.0 Å². The lowest BCUT2D eigenvalue weighted by molar-refractivity contribution is -0.134. The van der Waals surface area contributed by atoms with Gasteiger partial charge in [-0.3, -0.25) is 9.52 Å². The highest BCUT2D eigenvalue weighted by atomic mass is 32.2. The van der Waals surface area contributed by atoms with Gasteiger partial charge in [-0.15, -0.1) is 0 Å². The van der Waals surface area contributed by atoms with Crippen molar-refractivity contribution in [2.75, 3.05) is 37.7 Å². The van der Waals surface area contributed by atoms with Crippen molar-refractivity contribution in [1.82, 2.24) is 15.1 Å². The van der Waals surface area contributed by atoms with Crippen LogP contribution in [0.3, 0.4) is 0 Å². The lowest BCUT2D eigenvalue weighted by atomic mass is 9.96. The number of amides is 3. The average molecular weight is 525 g/mol. The summed E-state index contributed by atoms with van der Waals surface area (Å²) < 4.78 is 32.3. The van der Waals surface area contributed by atoms with Gasteiger partial charge in [-0.2, -0.15) is 0 Å². The second-order valence-corrected chi connectivity index (χ2v) is 12.0. The first-order chi connectivity index (χ1) is 17.0. The van der Waals surface area contributed by atoms with Crippen molar-refractivity contribution < 1.29 is 27.9 Å². The molecule has 36 heavy (non-hydrogen) atoms. The molecule has 11 heteroatoms. The predicted octanol–water partition coefficient (Wildman–Crippen LogP) is 2.18. The SMILES string of the molecule is C[C@H]1CN([C@@H](C)CO)C(=O)Cc2cc(NS(C)(=O)=O)ccc2O[C@@H]1CN(C)C(=O)NC1CCCCC1. The summed E-state index contributed by atoms with van der Waals surface area (Å²) >= 11 is 0. The summed E-state index contributed by atoms with van der Waals surface area (Å²) in [6, 6.07) is 4.49. The van der Waals surface area contributed by atoms with Crippen molar-refractivity contribution in [3.8, 4) is 5.75 Å². The smallest absolute Gasteiger partial charge is 0.317 e. The summed E-state index contributed by atoms with van der Waals surface area (Å²) in [7, 11) is -1.76. The maximum absolute atomic E-state index is 13.2. The fourth-order valence-corrected chi connectivity index (χ4v) is 5.36. The maximum Gasteiger partial charge on any atom is 0.317 e. The highest BCUT2D eigenvalue weighted by Crippen LogP contribution is 2.29. The van der Waals surface area contributed by atoms with Gasteiger partial charge in [-0.05, 0) is 38.0 Å². The number of aliphatic hydroxyl groups is 1. The number of nitrogens with one attached hydrogen (secondary N) is 2. The third-order valence-corrected chi connectivity index (χ3v) is 7.56. The van der Waals surface area contributed by atoms with Crippen molar-refractivity contribution in [3.05, 3.63) is 23.8 Å². The molecule has 0 spiro atoms. The van der Waals surface area contributed by atoms with Gasteiger partial charge in [0, 0.05) is 36.8 Å². The number of urea groups is 1. The standard InChI is InChI=1S/C25H40N4O6S/c1-17-14-29(18(2)16-30)24(31)13-19-12-21(27-36(4,33)34)10-11-22(19)35-23(17)15-28(3)25(32)26-20-8-6-5-7-9-20/h10-12,17-18,20,23,27,30H,5-9,13-16H2,1-4H3,(H,26,32)/t17-,18-,23+/m0/s1. The normalized spacial score (nSPS) is 22.4. The molecule has 3 amide bonds. The van der Waals surface area contributed by atoms with Crippen LogP contribution in [0.5, 0.6) is 5.75 Å². The minimum atomic E-state index is -3.50. The number of sulfonamides is 1. The summed E-state index contributed by atoms with van der Waals surface area (Å²) in [6.07, 6.45) is 6.06. The molecule has 0 radical (unpaired) electrons. The summed E-state index contributed by atoms with van der Waals surface area (Å²) in [5, 5.41) is 12.9. The van der Waals surface area contributed by atoms with E-state index in [9.17, 15) is 23.1 Å². The fourth-order valence-electron chi connectivity index (χ4n) is 4.81. The number of carbonyl (C=O) groups is 2. The molecule has 0 bridgehead atoms. The van der Waals surface area contributed by atoms with Gasteiger partial charge >= 0.3 is 6.03 Å². The lowest BCUT2D eigenvalue weighted by Crippen LogP contribution is -2.50. The summed E-state index contributed by atoms with van der Waals surface area (Å²) in [4.78, 5) is 29.4. The Morgan fingerprint density at radius 2 is 1.97 bits per heavy atom. The third kappa shape index (κ3) is 7.73. The highest BCUT2D eigenvalue weighted by Gasteiger charge is 2.32. The number of anilines is 1. The number of hydrogen-bond acceptors (Lipinski definition) is 6. The molecule has 1 aliphatic carbocycles. The zero-order valence-corrected chi connectivity index (χ0v) is 22.5. The molecule has 1 aliphatic heterocycles. The minimum Gasteiger partial charge on any atom is -0.488 e. The first-order valence-corrected chi connectivity index (χ1v) is 14.5. The van der Waals surface area contributed by atoms with E-state index in [0.717, 1.165) is 31.9 Å². The quantitative estimate of drug-likeness (QED) is 0.502. The number of rotatable bonds is 7. The molecule has 1 aromatic carbocycles. The van der Waals surface area contributed by atoms with Gasteiger partial charge in [0.15, 0.2) is 0 Å². The molecular weight excluding hydrogens is 484 g/mol. The van der Waals surface area contributed by atoms with Gasteiger partial charge in [-0.25, -0.2) is 13.2 Å². The zero-order chi connectivity index (χ0) is 26.5. The molecular formula is C25H40N4O6S. The second-order valence-electron chi connectivity index (χ2n) is 10.2. The second kappa shape index (κ2) is 12.1. The lowest BCUT2D eigenvalue weighted by Gasteiger charge is -2.34. The Balaban J connectivity index is 1.86. The van der Waals surface area contributed by atoms with Crippen LogP contribution in [0.2, 0.25) is 0 Å². The number of benzene rings is 1. The fraction of sp³-hybridized carbons (Fsp3) is 0.680. The predicted molar refractivity (Wildman–Crippen MR) is 138 cm³/mol. The van der Waals surface area contributed by atoms with Crippen LogP contribution < -0.4 is 14.8 Å². The first kappa shape index (κ1) is 28.0. The first-order valence-electron chi connectivity index (χ1n) is 12.7. The number of hydrogen-bond donors (Lipinski definition) is 3. The van der Waals surface area contributed by atoms with Crippen LogP contribution in [0.1, 0.15) is 51.5 Å². The number of fused-ring (bicyclic) bond motifs is 1. The number of nitrogens with zero attached hydrogens (tertiary/aromatic N) is 2. The number of ether oxygens (including phenoxy) is 1. The summed E-state index contributed by atoms with van der Waals surface area (Å²) in [5.74, 6) is 0.139. The van der Waals surface area contributed by atoms with Crippen molar-refractivity contribution >= 4 is 27.6 Å². The van der Waals surface area contributed by atoms with Crippen LogP contribution in [0, 0.1) is 5.92 Å². The Hall–Kier alpha value is -2.53. The average Bonchev–Trinajstić information content (AvgIpc) is 2.86. The van der Waals surface area contributed by atoms with Crippen LogP contribution in [0.4, 0.5) is 10.5 Å². The Morgan fingerprint density at radius 1 is 1.28 bits per heavy atom. The van der Waals surface area contributed by atoms with Crippen LogP contribution in [0.25, 0.3) is 0 Å². The van der Waals surface area contributed by atoms with Crippen LogP contribution >= 0.6 is 0 Å². The number of carbonyl (C=O) groups excluding carboxylic acids is 2. The molecule has 10 nitrogen and oxygen atoms in total. The van der Waals surface area contributed by atoms with Crippen molar-refractivity contribution in [1.29, 1.82) is 0 Å². The number of aliphatic hydroxyl groups excluding tert-OH is 1. The largest absolute Gasteiger partial charge is 0.488 e. The maximum atomic E-state index is 13.2. The van der Waals surface area contributed by atoms with E-state index in [1.54, 1.807) is 42.0 Å². The number of likely N-dealkylation sites (N-methyl/N-ethyl adjacent to an activating group) is 1. The van der Waals surface area contributed by atoms with Crippen molar-refractivity contribution in [3.63, 3.8) is 0 Å². The Kier molecular flexibility index (Phi) is 9.46. The molecule has 1 fully saturated rings.